The molecule has 1 aromatic heterocycles. The van der Waals surface area contributed by atoms with Crippen LogP contribution in [-0.4, -0.2) is 4.98 Å². The quantitative estimate of drug-likeness (QED) is 0.662. The summed E-state index contributed by atoms with van der Waals surface area (Å²) in [6.45, 7) is 1.87. The summed E-state index contributed by atoms with van der Waals surface area (Å²) in [6, 6.07) is 3.18. The molecule has 1 heterocycles. The van der Waals surface area contributed by atoms with E-state index in [1.54, 1.807) is 12.3 Å². The summed E-state index contributed by atoms with van der Waals surface area (Å²) in [4.78, 5) is 13.1. The van der Waals surface area contributed by atoms with Gasteiger partial charge < -0.3 is 10.7 Å². The van der Waals surface area contributed by atoms with Gasteiger partial charge in [-0.25, -0.2) is 0 Å². The predicted octanol–water partition coefficient (Wildman–Crippen LogP) is 0.816. The molecule has 0 amide bonds. The van der Waals surface area contributed by atoms with Crippen molar-refractivity contribution in [3.8, 4) is 0 Å². The number of hydrogen-bond acceptors (Lipinski definition) is 2. The lowest BCUT2D eigenvalue weighted by Crippen LogP contribution is -2.09. The van der Waals surface area contributed by atoms with Crippen molar-refractivity contribution in [3.05, 3.63) is 34.2 Å². The fraction of sp³-hybridized carbons (Fsp3) is 0.286. The summed E-state index contributed by atoms with van der Waals surface area (Å²) >= 11 is 0. The third-order valence-electron chi connectivity index (χ3n) is 1.33. The van der Waals surface area contributed by atoms with Gasteiger partial charge in [0.25, 0.3) is 0 Å². The maximum Gasteiger partial charge on any atom is 0.247 e. The van der Waals surface area contributed by atoms with Gasteiger partial charge in [0, 0.05) is 18.3 Å². The minimum Gasteiger partial charge on any atom is -0.329 e. The lowest BCUT2D eigenvalue weighted by molar-refractivity contribution is 0.810. The molecule has 1 rings (SSSR count). The van der Waals surface area contributed by atoms with Gasteiger partial charge in [0.1, 0.15) is 0 Å². The zero-order valence-corrected chi connectivity index (χ0v) is 7.02. The zero-order chi connectivity index (χ0) is 7.56. The Bertz CT molecular complexity index is 249. The van der Waals surface area contributed by atoms with Gasteiger partial charge in [-0.05, 0) is 12.5 Å². The first kappa shape index (κ1) is 10.2. The SMILES string of the molecule is C[C@H](N)c1ccc(=O)[nH]c1.Cl. The number of aromatic amines is 1. The van der Waals surface area contributed by atoms with Crippen molar-refractivity contribution in [2.75, 3.05) is 0 Å². The van der Waals surface area contributed by atoms with E-state index in [0.717, 1.165) is 5.56 Å². The molecular weight excluding hydrogens is 164 g/mol. The summed E-state index contributed by atoms with van der Waals surface area (Å²) in [7, 11) is 0. The molecule has 1 aromatic rings. The first-order valence-electron chi connectivity index (χ1n) is 3.14. The molecule has 0 aliphatic rings. The first-order valence-corrected chi connectivity index (χ1v) is 3.14. The van der Waals surface area contributed by atoms with E-state index in [4.69, 9.17) is 5.73 Å². The molecule has 1 atom stereocenters. The molecule has 0 unspecified atom stereocenters. The smallest absolute Gasteiger partial charge is 0.247 e. The van der Waals surface area contributed by atoms with Crippen molar-refractivity contribution in [3.63, 3.8) is 0 Å². The Morgan fingerprint density at radius 2 is 2.18 bits per heavy atom. The van der Waals surface area contributed by atoms with Crippen molar-refractivity contribution in [2.45, 2.75) is 13.0 Å². The molecule has 0 spiro atoms. The van der Waals surface area contributed by atoms with Gasteiger partial charge in [0.2, 0.25) is 5.56 Å². The van der Waals surface area contributed by atoms with E-state index in [-0.39, 0.29) is 24.0 Å². The van der Waals surface area contributed by atoms with Crippen LogP contribution >= 0.6 is 12.4 Å². The minimum absolute atomic E-state index is 0. The number of hydrogen-bond donors (Lipinski definition) is 2. The summed E-state index contributed by atoms with van der Waals surface area (Å²) in [6.07, 6.45) is 1.63. The monoisotopic (exact) mass is 174 g/mol. The number of H-pyrrole nitrogens is 1. The van der Waals surface area contributed by atoms with Crippen LogP contribution in [0.15, 0.2) is 23.1 Å². The van der Waals surface area contributed by atoms with E-state index in [2.05, 4.69) is 4.98 Å². The van der Waals surface area contributed by atoms with Gasteiger partial charge in [-0.2, -0.15) is 0 Å². The average molecular weight is 175 g/mol. The summed E-state index contributed by atoms with van der Waals surface area (Å²) < 4.78 is 0. The summed E-state index contributed by atoms with van der Waals surface area (Å²) in [5, 5.41) is 0. The highest BCUT2D eigenvalue weighted by molar-refractivity contribution is 5.85. The van der Waals surface area contributed by atoms with Crippen LogP contribution in [0.3, 0.4) is 0 Å². The second kappa shape index (κ2) is 4.16. The average Bonchev–Trinajstić information content (AvgIpc) is 1.88. The van der Waals surface area contributed by atoms with E-state index >= 15 is 0 Å². The molecule has 0 aromatic carbocycles. The lowest BCUT2D eigenvalue weighted by atomic mass is 10.2. The molecule has 0 aliphatic carbocycles. The van der Waals surface area contributed by atoms with Crippen LogP contribution < -0.4 is 11.3 Å². The number of nitrogens with two attached hydrogens (primary N) is 1. The Labute approximate surface area is 71.0 Å². The number of halogens is 1. The number of pyridine rings is 1. The molecule has 4 heteroatoms. The fourth-order valence-electron chi connectivity index (χ4n) is 0.706. The number of rotatable bonds is 1. The number of nitrogens with one attached hydrogen (secondary N) is 1. The van der Waals surface area contributed by atoms with E-state index in [1.807, 2.05) is 6.92 Å². The van der Waals surface area contributed by atoms with Crippen LogP contribution in [0.25, 0.3) is 0 Å². The Balaban J connectivity index is 0.000001000. The highest BCUT2D eigenvalue weighted by Gasteiger charge is 1.95. The second-order valence-corrected chi connectivity index (χ2v) is 2.27. The normalized spacial score (nSPS) is 11.8. The summed E-state index contributed by atoms with van der Waals surface area (Å²) in [5.41, 5.74) is 6.39. The topological polar surface area (TPSA) is 58.9 Å². The van der Waals surface area contributed by atoms with Gasteiger partial charge in [-0.15, -0.1) is 12.4 Å². The summed E-state index contributed by atoms with van der Waals surface area (Å²) in [5.74, 6) is 0. The van der Waals surface area contributed by atoms with E-state index in [1.165, 1.54) is 6.07 Å². The molecule has 62 valence electrons. The van der Waals surface area contributed by atoms with Crippen molar-refractivity contribution in [1.29, 1.82) is 0 Å². The molecule has 0 radical (unpaired) electrons. The van der Waals surface area contributed by atoms with Gasteiger partial charge >= 0.3 is 0 Å². The number of aromatic nitrogens is 1. The van der Waals surface area contributed by atoms with Crippen molar-refractivity contribution >= 4 is 12.4 Å². The van der Waals surface area contributed by atoms with E-state index < -0.39 is 0 Å². The Morgan fingerprint density at radius 1 is 1.55 bits per heavy atom. The van der Waals surface area contributed by atoms with Gasteiger partial charge in [-0.3, -0.25) is 4.79 Å². The van der Waals surface area contributed by atoms with Gasteiger partial charge in [0.05, 0.1) is 0 Å². The maximum atomic E-state index is 10.5. The highest BCUT2D eigenvalue weighted by atomic mass is 35.5. The van der Waals surface area contributed by atoms with Crippen LogP contribution in [0.1, 0.15) is 18.5 Å². The first-order chi connectivity index (χ1) is 4.70. The van der Waals surface area contributed by atoms with Crippen LogP contribution in [0.2, 0.25) is 0 Å². The molecule has 11 heavy (non-hydrogen) atoms. The minimum atomic E-state index is -0.0931. The molecule has 0 bridgehead atoms. The fourth-order valence-corrected chi connectivity index (χ4v) is 0.706. The molecule has 3 nitrogen and oxygen atoms in total. The Kier molecular flexibility index (Phi) is 3.85. The van der Waals surface area contributed by atoms with Crippen LogP contribution in [0.5, 0.6) is 0 Å². The van der Waals surface area contributed by atoms with Gasteiger partial charge in [0.15, 0.2) is 0 Å². The standard InChI is InChI=1S/C7H10N2O.ClH/c1-5(8)6-2-3-7(10)9-4-6;/h2-5H,8H2,1H3,(H,9,10);1H/t5-;/m0./s1. The van der Waals surface area contributed by atoms with Crippen LogP contribution in [0.4, 0.5) is 0 Å². The molecule has 3 N–H and O–H groups in total. The second-order valence-electron chi connectivity index (χ2n) is 2.27. The zero-order valence-electron chi connectivity index (χ0n) is 6.20. The molecular formula is C7H11ClN2O. The van der Waals surface area contributed by atoms with Crippen molar-refractivity contribution in [1.82, 2.24) is 4.98 Å². The maximum absolute atomic E-state index is 10.5. The van der Waals surface area contributed by atoms with Crippen LogP contribution in [0, 0.1) is 0 Å². The Morgan fingerprint density at radius 3 is 2.55 bits per heavy atom. The molecule has 0 saturated heterocycles. The van der Waals surface area contributed by atoms with Crippen LogP contribution in [-0.2, 0) is 0 Å². The van der Waals surface area contributed by atoms with Crippen molar-refractivity contribution in [2.24, 2.45) is 5.73 Å². The Hall–Kier alpha value is -0.800. The molecule has 0 aliphatic heterocycles. The highest BCUT2D eigenvalue weighted by Crippen LogP contribution is 2.03. The third-order valence-corrected chi connectivity index (χ3v) is 1.33. The molecule has 0 fully saturated rings. The van der Waals surface area contributed by atoms with E-state index in [9.17, 15) is 4.79 Å². The third kappa shape index (κ3) is 2.74. The predicted molar refractivity (Wildman–Crippen MR) is 46.9 cm³/mol. The largest absolute Gasteiger partial charge is 0.329 e. The van der Waals surface area contributed by atoms with E-state index in [0.29, 0.717) is 0 Å². The molecule has 0 saturated carbocycles. The van der Waals surface area contributed by atoms with Crippen molar-refractivity contribution < 1.29 is 0 Å². The lowest BCUT2D eigenvalue weighted by Gasteiger charge is -2.01. The van der Waals surface area contributed by atoms with Gasteiger partial charge in [-0.1, -0.05) is 6.07 Å².